The number of rotatable bonds is 2. The molecule has 0 aromatic carbocycles. The number of aromatic nitrogens is 1. The number of hydrogen-bond donors (Lipinski definition) is 1. The number of furan rings is 1. The van der Waals surface area contributed by atoms with Crippen molar-refractivity contribution in [2.45, 2.75) is 0 Å². The number of nitrogens with zero attached hydrogens (tertiary/aromatic N) is 3. The van der Waals surface area contributed by atoms with Crippen molar-refractivity contribution < 1.29 is 18.5 Å². The molecule has 0 radical (unpaired) electrons. The summed E-state index contributed by atoms with van der Waals surface area (Å²) in [6.07, 6.45) is 2.85. The van der Waals surface area contributed by atoms with Gasteiger partial charge in [-0.25, -0.2) is 4.79 Å². The van der Waals surface area contributed by atoms with Crippen LogP contribution < -0.4 is 5.32 Å². The lowest BCUT2D eigenvalue weighted by atomic mass is 10.3. The van der Waals surface area contributed by atoms with Gasteiger partial charge in [0.15, 0.2) is 11.6 Å². The van der Waals surface area contributed by atoms with Gasteiger partial charge in [-0.05, 0) is 12.1 Å². The van der Waals surface area contributed by atoms with E-state index in [4.69, 9.17) is 4.42 Å². The van der Waals surface area contributed by atoms with E-state index >= 15 is 0 Å². The Balaban J connectivity index is 1.53. The Kier molecular flexibility index (Phi) is 3.59. The Hall–Kier alpha value is -2.77. The van der Waals surface area contributed by atoms with E-state index in [0.717, 1.165) is 0 Å². The Morgan fingerprint density at radius 2 is 1.86 bits per heavy atom. The van der Waals surface area contributed by atoms with Crippen molar-refractivity contribution in [2.75, 3.05) is 31.5 Å². The molecule has 1 fully saturated rings. The molecule has 3 heterocycles. The molecule has 1 aliphatic heterocycles. The van der Waals surface area contributed by atoms with Crippen LogP contribution >= 0.6 is 0 Å². The third kappa shape index (κ3) is 2.88. The number of carbonyl (C=O) groups is 2. The topological polar surface area (TPSA) is 91.8 Å². The molecule has 2 aromatic heterocycles. The molecule has 0 atom stereocenters. The normalized spacial score (nSPS) is 15.0. The average molecular weight is 290 g/mol. The van der Waals surface area contributed by atoms with Crippen LogP contribution in [0.25, 0.3) is 0 Å². The van der Waals surface area contributed by atoms with Crippen LogP contribution in [0, 0.1) is 0 Å². The van der Waals surface area contributed by atoms with E-state index in [2.05, 4.69) is 15.0 Å². The standard InChI is InChI=1S/C13H14N4O4/c18-12(10-2-1-8-20-10)16-4-6-17(7-5-16)13(19)14-11-3-9-21-15-11/h1-3,8-9H,4-7H2,(H,14,15,19). The van der Waals surface area contributed by atoms with E-state index in [1.165, 1.54) is 12.5 Å². The summed E-state index contributed by atoms with van der Waals surface area (Å²) in [6, 6.07) is 4.61. The zero-order chi connectivity index (χ0) is 14.7. The molecule has 2 aromatic rings. The Morgan fingerprint density at radius 3 is 2.48 bits per heavy atom. The second kappa shape index (κ2) is 5.70. The Bertz CT molecular complexity index is 600. The molecule has 1 N–H and O–H groups in total. The van der Waals surface area contributed by atoms with E-state index in [0.29, 0.717) is 37.8 Å². The maximum absolute atomic E-state index is 12.1. The molecule has 8 nitrogen and oxygen atoms in total. The summed E-state index contributed by atoms with van der Waals surface area (Å²) in [5, 5.41) is 6.24. The molecule has 0 aliphatic carbocycles. The minimum absolute atomic E-state index is 0.156. The van der Waals surface area contributed by atoms with Crippen LogP contribution in [0.1, 0.15) is 10.6 Å². The highest BCUT2D eigenvalue weighted by Gasteiger charge is 2.26. The molecule has 110 valence electrons. The van der Waals surface area contributed by atoms with Gasteiger partial charge in [0.1, 0.15) is 6.26 Å². The average Bonchev–Trinajstić information content (AvgIpc) is 3.20. The van der Waals surface area contributed by atoms with Crippen molar-refractivity contribution in [3.8, 4) is 0 Å². The first-order chi connectivity index (χ1) is 10.2. The van der Waals surface area contributed by atoms with Gasteiger partial charge >= 0.3 is 6.03 Å². The van der Waals surface area contributed by atoms with Gasteiger partial charge in [-0.3, -0.25) is 10.1 Å². The third-order valence-corrected chi connectivity index (χ3v) is 3.26. The van der Waals surface area contributed by atoms with Crippen molar-refractivity contribution in [3.63, 3.8) is 0 Å². The lowest BCUT2D eigenvalue weighted by Gasteiger charge is -2.34. The summed E-state index contributed by atoms with van der Waals surface area (Å²) in [7, 11) is 0. The van der Waals surface area contributed by atoms with Crippen LogP contribution in [0.3, 0.4) is 0 Å². The molecule has 0 saturated carbocycles. The van der Waals surface area contributed by atoms with Crippen molar-refractivity contribution >= 4 is 17.8 Å². The van der Waals surface area contributed by atoms with Gasteiger partial charge in [0.25, 0.3) is 5.91 Å². The highest BCUT2D eigenvalue weighted by molar-refractivity contribution is 5.92. The van der Waals surface area contributed by atoms with Gasteiger partial charge in [0.2, 0.25) is 0 Å². The fourth-order valence-electron chi connectivity index (χ4n) is 2.13. The summed E-state index contributed by atoms with van der Waals surface area (Å²) >= 11 is 0. The molecule has 1 saturated heterocycles. The van der Waals surface area contributed by atoms with Crippen molar-refractivity contribution in [1.29, 1.82) is 0 Å². The molecule has 21 heavy (non-hydrogen) atoms. The fourth-order valence-corrected chi connectivity index (χ4v) is 2.13. The number of piperazine rings is 1. The molecule has 0 spiro atoms. The molecule has 0 unspecified atom stereocenters. The molecule has 1 aliphatic rings. The number of carbonyl (C=O) groups excluding carboxylic acids is 2. The van der Waals surface area contributed by atoms with E-state index < -0.39 is 0 Å². The second-order valence-electron chi connectivity index (χ2n) is 4.57. The lowest BCUT2D eigenvalue weighted by Crippen LogP contribution is -2.51. The molecular formula is C13H14N4O4. The molecule has 0 bridgehead atoms. The van der Waals surface area contributed by atoms with Crippen LogP contribution in [0.2, 0.25) is 0 Å². The molecule has 3 rings (SSSR count). The minimum atomic E-state index is -0.256. The summed E-state index contributed by atoms with van der Waals surface area (Å²) in [4.78, 5) is 27.4. The van der Waals surface area contributed by atoms with Gasteiger partial charge in [0, 0.05) is 32.2 Å². The third-order valence-electron chi connectivity index (χ3n) is 3.26. The molecule has 8 heteroatoms. The van der Waals surface area contributed by atoms with Gasteiger partial charge in [-0.1, -0.05) is 5.16 Å². The van der Waals surface area contributed by atoms with Crippen LogP contribution in [0.4, 0.5) is 10.6 Å². The monoisotopic (exact) mass is 290 g/mol. The van der Waals surface area contributed by atoms with Crippen molar-refractivity contribution in [2.24, 2.45) is 0 Å². The van der Waals surface area contributed by atoms with Crippen LogP contribution in [0.15, 0.2) is 39.7 Å². The van der Waals surface area contributed by atoms with Crippen LogP contribution in [-0.2, 0) is 0 Å². The molecule has 3 amide bonds. The lowest BCUT2D eigenvalue weighted by molar-refractivity contribution is 0.0640. The highest BCUT2D eigenvalue weighted by Crippen LogP contribution is 2.10. The summed E-state index contributed by atoms with van der Waals surface area (Å²) in [5.41, 5.74) is 0. The Morgan fingerprint density at radius 1 is 1.10 bits per heavy atom. The first-order valence-electron chi connectivity index (χ1n) is 6.53. The first-order valence-corrected chi connectivity index (χ1v) is 6.53. The first kappa shape index (κ1) is 13.2. The maximum atomic E-state index is 12.1. The second-order valence-corrected chi connectivity index (χ2v) is 4.57. The van der Waals surface area contributed by atoms with Crippen molar-refractivity contribution in [1.82, 2.24) is 15.0 Å². The van der Waals surface area contributed by atoms with Gasteiger partial charge in [-0.2, -0.15) is 0 Å². The van der Waals surface area contributed by atoms with E-state index in [1.807, 2.05) is 0 Å². The number of amides is 3. The largest absolute Gasteiger partial charge is 0.459 e. The summed E-state index contributed by atoms with van der Waals surface area (Å²) < 4.78 is 9.74. The predicted molar refractivity (Wildman–Crippen MR) is 71.7 cm³/mol. The number of anilines is 1. The number of hydrogen-bond acceptors (Lipinski definition) is 5. The maximum Gasteiger partial charge on any atom is 0.323 e. The zero-order valence-corrected chi connectivity index (χ0v) is 11.2. The molecular weight excluding hydrogens is 276 g/mol. The predicted octanol–water partition coefficient (Wildman–Crippen LogP) is 1.26. The number of urea groups is 1. The van der Waals surface area contributed by atoms with Gasteiger partial charge in [-0.15, -0.1) is 0 Å². The van der Waals surface area contributed by atoms with Crippen LogP contribution in [-0.4, -0.2) is 53.1 Å². The summed E-state index contributed by atoms with van der Waals surface area (Å²) in [5.74, 6) is 0.529. The SMILES string of the molecule is O=C(Nc1ccon1)N1CCN(C(=O)c2ccco2)CC1. The van der Waals surface area contributed by atoms with Crippen molar-refractivity contribution in [3.05, 3.63) is 36.5 Å². The Labute approximate surface area is 120 Å². The van der Waals surface area contributed by atoms with E-state index in [1.54, 1.807) is 28.0 Å². The smallest absolute Gasteiger partial charge is 0.323 e. The fraction of sp³-hybridized carbons (Fsp3) is 0.308. The van der Waals surface area contributed by atoms with E-state index in [9.17, 15) is 9.59 Å². The zero-order valence-electron chi connectivity index (χ0n) is 11.2. The quantitative estimate of drug-likeness (QED) is 0.898. The summed E-state index contributed by atoms with van der Waals surface area (Å²) in [6.45, 7) is 1.84. The van der Waals surface area contributed by atoms with Crippen LogP contribution in [0.5, 0.6) is 0 Å². The van der Waals surface area contributed by atoms with Gasteiger partial charge < -0.3 is 18.7 Å². The van der Waals surface area contributed by atoms with E-state index in [-0.39, 0.29) is 11.9 Å². The van der Waals surface area contributed by atoms with Gasteiger partial charge in [0.05, 0.1) is 6.26 Å². The minimum Gasteiger partial charge on any atom is -0.459 e. The number of nitrogens with one attached hydrogen (secondary N) is 1. The highest BCUT2D eigenvalue weighted by atomic mass is 16.5.